The van der Waals surface area contributed by atoms with E-state index in [1.807, 2.05) is 0 Å². The minimum absolute atomic E-state index is 0.0889. The van der Waals surface area contributed by atoms with Crippen LogP contribution in [0.2, 0.25) is 0 Å². The van der Waals surface area contributed by atoms with E-state index in [4.69, 9.17) is 0 Å². The van der Waals surface area contributed by atoms with Gasteiger partial charge in [-0.1, -0.05) is 40.2 Å². The third-order valence-electron chi connectivity index (χ3n) is 3.59. The number of nitrogens with zero attached hydrogens (tertiary/aromatic N) is 2. The summed E-state index contributed by atoms with van der Waals surface area (Å²) in [5.74, 6) is -0.237. The predicted molar refractivity (Wildman–Crippen MR) is 90.6 cm³/mol. The van der Waals surface area contributed by atoms with Gasteiger partial charge in [0.05, 0.1) is 11.3 Å². The average Bonchev–Trinajstić information content (AvgIpc) is 2.60. The van der Waals surface area contributed by atoms with Gasteiger partial charge in [-0.3, -0.25) is 0 Å². The molecule has 2 aromatic carbocycles. The zero-order chi connectivity index (χ0) is 19.8. The van der Waals surface area contributed by atoms with Crippen LogP contribution in [0, 0.1) is 0 Å². The highest BCUT2D eigenvalue weighted by atomic mass is 79.9. The molecular formula is C18H9BrF6N2. The van der Waals surface area contributed by atoms with Gasteiger partial charge in [-0.25, -0.2) is 9.97 Å². The van der Waals surface area contributed by atoms with Crippen LogP contribution >= 0.6 is 15.9 Å². The third kappa shape index (κ3) is 4.47. The second-order valence-corrected chi connectivity index (χ2v) is 6.46. The van der Waals surface area contributed by atoms with Gasteiger partial charge >= 0.3 is 12.4 Å². The molecule has 0 aliphatic heterocycles. The number of hydrogen-bond acceptors (Lipinski definition) is 2. The quantitative estimate of drug-likeness (QED) is 0.414. The maximum Gasteiger partial charge on any atom is 0.433 e. The lowest BCUT2D eigenvalue weighted by molar-refractivity contribution is -0.141. The molecule has 3 aromatic rings. The molecular weight excluding hydrogens is 438 g/mol. The second-order valence-electron chi connectivity index (χ2n) is 5.55. The third-order valence-corrected chi connectivity index (χ3v) is 4.08. The predicted octanol–water partition coefficient (Wildman–Crippen LogP) is 6.61. The van der Waals surface area contributed by atoms with Gasteiger partial charge in [0.15, 0.2) is 5.82 Å². The molecule has 0 radical (unpaired) electrons. The molecule has 1 heterocycles. The molecule has 27 heavy (non-hydrogen) atoms. The minimum Gasteiger partial charge on any atom is -0.228 e. The van der Waals surface area contributed by atoms with Crippen LogP contribution in [0.15, 0.2) is 59.1 Å². The van der Waals surface area contributed by atoms with Crippen molar-refractivity contribution < 1.29 is 26.3 Å². The van der Waals surface area contributed by atoms with Gasteiger partial charge in [-0.05, 0) is 30.3 Å². The van der Waals surface area contributed by atoms with Crippen LogP contribution in [0.3, 0.4) is 0 Å². The summed E-state index contributed by atoms with van der Waals surface area (Å²) in [5, 5.41) is 0. The SMILES string of the molecule is FC(F)(F)c1cccc(-c2cc(C(F)(F)F)nc(-c3cccc(Br)c3)n2)c1. The van der Waals surface area contributed by atoms with Gasteiger partial charge in [0.2, 0.25) is 0 Å². The van der Waals surface area contributed by atoms with Gasteiger partial charge in [0.1, 0.15) is 5.69 Å². The molecule has 0 saturated heterocycles. The molecule has 0 N–H and O–H groups in total. The Hall–Kier alpha value is -2.42. The molecule has 0 amide bonds. The highest BCUT2D eigenvalue weighted by Gasteiger charge is 2.34. The summed E-state index contributed by atoms with van der Waals surface area (Å²) in [4.78, 5) is 7.59. The van der Waals surface area contributed by atoms with Crippen molar-refractivity contribution in [2.75, 3.05) is 0 Å². The van der Waals surface area contributed by atoms with E-state index in [1.165, 1.54) is 18.2 Å². The number of hydrogen-bond donors (Lipinski definition) is 0. The Bertz CT molecular complexity index is 982. The molecule has 0 unspecified atom stereocenters. The summed E-state index contributed by atoms with van der Waals surface area (Å²) in [5.41, 5.74) is -2.26. The molecule has 0 aliphatic rings. The zero-order valence-corrected chi connectivity index (χ0v) is 14.8. The first-order valence-electron chi connectivity index (χ1n) is 7.44. The maximum absolute atomic E-state index is 13.2. The van der Waals surface area contributed by atoms with Crippen molar-refractivity contribution in [3.8, 4) is 22.6 Å². The fraction of sp³-hybridized carbons (Fsp3) is 0.111. The molecule has 0 atom stereocenters. The van der Waals surface area contributed by atoms with Crippen molar-refractivity contribution in [1.82, 2.24) is 9.97 Å². The van der Waals surface area contributed by atoms with E-state index in [-0.39, 0.29) is 17.1 Å². The highest BCUT2D eigenvalue weighted by Crippen LogP contribution is 2.35. The van der Waals surface area contributed by atoms with Crippen LogP contribution < -0.4 is 0 Å². The number of benzene rings is 2. The smallest absolute Gasteiger partial charge is 0.228 e. The maximum atomic E-state index is 13.2. The first kappa shape index (κ1) is 19.3. The molecule has 0 bridgehead atoms. The fourth-order valence-corrected chi connectivity index (χ4v) is 2.75. The van der Waals surface area contributed by atoms with Crippen LogP contribution in [0.4, 0.5) is 26.3 Å². The van der Waals surface area contributed by atoms with E-state index in [9.17, 15) is 26.3 Å². The van der Waals surface area contributed by atoms with Crippen LogP contribution in [-0.4, -0.2) is 9.97 Å². The van der Waals surface area contributed by atoms with E-state index in [0.29, 0.717) is 16.1 Å². The van der Waals surface area contributed by atoms with Crippen molar-refractivity contribution in [3.63, 3.8) is 0 Å². The summed E-state index contributed by atoms with van der Waals surface area (Å²) in [7, 11) is 0. The Balaban J connectivity index is 2.20. The Labute approximate surface area is 158 Å². The van der Waals surface area contributed by atoms with Crippen molar-refractivity contribution in [2.45, 2.75) is 12.4 Å². The summed E-state index contributed by atoms with van der Waals surface area (Å²) < 4.78 is 79.1. The van der Waals surface area contributed by atoms with Gasteiger partial charge in [0, 0.05) is 15.6 Å². The van der Waals surface area contributed by atoms with E-state index in [2.05, 4.69) is 25.9 Å². The Morgan fingerprint density at radius 1 is 0.704 bits per heavy atom. The molecule has 3 rings (SSSR count). The molecule has 140 valence electrons. The molecule has 0 fully saturated rings. The van der Waals surface area contributed by atoms with Crippen LogP contribution in [0.1, 0.15) is 11.3 Å². The van der Waals surface area contributed by atoms with E-state index in [1.54, 1.807) is 12.1 Å². The second kappa shape index (κ2) is 6.95. The van der Waals surface area contributed by atoms with Gasteiger partial charge in [-0.2, -0.15) is 26.3 Å². The lowest BCUT2D eigenvalue weighted by Gasteiger charge is -2.12. The summed E-state index contributed by atoms with van der Waals surface area (Å²) in [6, 6.07) is 10.9. The molecule has 0 spiro atoms. The topological polar surface area (TPSA) is 25.8 Å². The number of aromatic nitrogens is 2. The fourth-order valence-electron chi connectivity index (χ4n) is 2.35. The Morgan fingerprint density at radius 2 is 1.37 bits per heavy atom. The molecule has 0 saturated carbocycles. The Kier molecular flexibility index (Phi) is 4.98. The summed E-state index contributed by atoms with van der Waals surface area (Å²) >= 11 is 3.21. The molecule has 2 nitrogen and oxygen atoms in total. The Morgan fingerprint density at radius 3 is 2.00 bits per heavy atom. The van der Waals surface area contributed by atoms with Crippen molar-refractivity contribution in [2.24, 2.45) is 0 Å². The summed E-state index contributed by atoms with van der Waals surface area (Å²) in [6.45, 7) is 0. The van der Waals surface area contributed by atoms with Crippen molar-refractivity contribution in [3.05, 3.63) is 70.3 Å². The average molecular weight is 447 g/mol. The van der Waals surface area contributed by atoms with Crippen LogP contribution in [-0.2, 0) is 12.4 Å². The van der Waals surface area contributed by atoms with E-state index >= 15 is 0 Å². The number of halogens is 7. The molecule has 9 heteroatoms. The molecule has 1 aromatic heterocycles. The van der Waals surface area contributed by atoms with Gasteiger partial charge in [-0.15, -0.1) is 0 Å². The number of rotatable bonds is 2. The van der Waals surface area contributed by atoms with Crippen LogP contribution in [0.25, 0.3) is 22.6 Å². The van der Waals surface area contributed by atoms with Gasteiger partial charge < -0.3 is 0 Å². The van der Waals surface area contributed by atoms with Gasteiger partial charge in [0.25, 0.3) is 0 Å². The van der Waals surface area contributed by atoms with Crippen LogP contribution in [0.5, 0.6) is 0 Å². The standard InChI is InChI=1S/C18H9BrF6N2/c19-13-6-2-4-11(8-13)16-26-14(9-15(27-16)18(23,24)25)10-3-1-5-12(7-10)17(20,21)22/h1-9H. The minimum atomic E-state index is -4.78. The van der Waals surface area contributed by atoms with Crippen molar-refractivity contribution >= 4 is 15.9 Å². The largest absolute Gasteiger partial charge is 0.433 e. The lowest BCUT2D eigenvalue weighted by atomic mass is 10.1. The van der Waals surface area contributed by atoms with E-state index in [0.717, 1.165) is 18.2 Å². The number of alkyl halides is 6. The first-order valence-corrected chi connectivity index (χ1v) is 8.23. The van der Waals surface area contributed by atoms with E-state index < -0.39 is 23.6 Å². The molecule has 0 aliphatic carbocycles. The normalized spacial score (nSPS) is 12.3. The highest BCUT2D eigenvalue weighted by molar-refractivity contribution is 9.10. The first-order chi connectivity index (χ1) is 12.5. The summed E-state index contributed by atoms with van der Waals surface area (Å²) in [6.07, 6.45) is -9.40. The van der Waals surface area contributed by atoms with Crippen molar-refractivity contribution in [1.29, 1.82) is 0 Å². The monoisotopic (exact) mass is 446 g/mol. The zero-order valence-electron chi connectivity index (χ0n) is 13.2. The lowest BCUT2D eigenvalue weighted by Crippen LogP contribution is -2.10.